The van der Waals surface area contributed by atoms with Gasteiger partial charge in [-0.3, -0.25) is 0 Å². The molecular weight excluding hydrogens is 218 g/mol. The van der Waals surface area contributed by atoms with E-state index in [0.717, 1.165) is 38.9 Å². The van der Waals surface area contributed by atoms with Gasteiger partial charge in [0, 0.05) is 18.6 Å². The summed E-state index contributed by atoms with van der Waals surface area (Å²) in [5, 5.41) is 20.8. The molecule has 17 heavy (non-hydrogen) atoms. The number of nitrogens with zero attached hydrogens (tertiary/aromatic N) is 2. The molecule has 0 amide bonds. The molecule has 0 aromatic carbocycles. The van der Waals surface area contributed by atoms with Crippen LogP contribution >= 0.6 is 0 Å². The third kappa shape index (κ3) is 4.16. The van der Waals surface area contributed by atoms with Crippen molar-refractivity contribution in [1.82, 2.24) is 4.90 Å². The van der Waals surface area contributed by atoms with E-state index in [0.29, 0.717) is 18.4 Å². The Morgan fingerprint density at radius 1 is 1.53 bits per heavy atom. The summed E-state index contributed by atoms with van der Waals surface area (Å²) in [5.41, 5.74) is 5.40. The van der Waals surface area contributed by atoms with E-state index in [9.17, 15) is 0 Å². The van der Waals surface area contributed by atoms with E-state index >= 15 is 0 Å². The molecule has 0 saturated carbocycles. The second kappa shape index (κ2) is 6.21. The lowest BCUT2D eigenvalue weighted by Gasteiger charge is -2.24. The van der Waals surface area contributed by atoms with Crippen LogP contribution in [0.5, 0.6) is 0 Å². The first-order chi connectivity index (χ1) is 7.99. The average Bonchev–Trinajstić information content (AvgIpc) is 2.75. The first kappa shape index (κ1) is 14.3. The van der Waals surface area contributed by atoms with Crippen LogP contribution in [0.25, 0.3) is 0 Å². The highest BCUT2D eigenvalue weighted by Gasteiger charge is 2.25. The Kier molecular flexibility index (Phi) is 5.21. The molecule has 5 nitrogen and oxygen atoms in total. The van der Waals surface area contributed by atoms with Crippen molar-refractivity contribution in [2.75, 3.05) is 26.2 Å². The van der Waals surface area contributed by atoms with Gasteiger partial charge in [0.05, 0.1) is 0 Å². The molecule has 5 heteroatoms. The van der Waals surface area contributed by atoms with Crippen molar-refractivity contribution < 1.29 is 10.3 Å². The number of hydrogen-bond donors (Lipinski definition) is 3. The second-order valence-corrected chi connectivity index (χ2v) is 5.61. The first-order valence-corrected chi connectivity index (χ1v) is 6.31. The van der Waals surface area contributed by atoms with Gasteiger partial charge in [-0.15, -0.1) is 0 Å². The normalized spacial score (nSPS) is 23.2. The monoisotopic (exact) mass is 243 g/mol. The smallest absolute Gasteiger partial charge is 0.144 e. The standard InChI is InChI=1S/C12H25N3O2/c1-12(2,11(13)14-17)5-3-6-15-7-4-10(8-15)9-16/h10,16-17H,3-9H2,1-2H3,(H2,13,14). The first-order valence-electron chi connectivity index (χ1n) is 6.31. The van der Waals surface area contributed by atoms with Crippen molar-refractivity contribution >= 4 is 5.84 Å². The molecule has 0 aliphatic carbocycles. The molecule has 100 valence electrons. The lowest BCUT2D eigenvalue weighted by atomic mass is 9.86. The predicted octanol–water partition coefficient (Wildman–Crippen LogP) is 0.853. The van der Waals surface area contributed by atoms with E-state index in [4.69, 9.17) is 16.0 Å². The fourth-order valence-electron chi connectivity index (χ4n) is 2.27. The van der Waals surface area contributed by atoms with Crippen LogP contribution in [-0.4, -0.2) is 47.3 Å². The number of rotatable bonds is 6. The van der Waals surface area contributed by atoms with Crippen molar-refractivity contribution in [2.24, 2.45) is 22.2 Å². The summed E-state index contributed by atoms with van der Waals surface area (Å²) in [6.45, 7) is 7.38. The molecule has 0 aromatic heterocycles. The van der Waals surface area contributed by atoms with Gasteiger partial charge in [0.2, 0.25) is 0 Å². The summed E-state index contributed by atoms with van der Waals surface area (Å²) in [6, 6.07) is 0. The number of nitrogens with two attached hydrogens (primary N) is 1. The van der Waals surface area contributed by atoms with Gasteiger partial charge in [-0.25, -0.2) is 0 Å². The zero-order valence-corrected chi connectivity index (χ0v) is 10.9. The van der Waals surface area contributed by atoms with Gasteiger partial charge < -0.3 is 20.9 Å². The fraction of sp³-hybridized carbons (Fsp3) is 0.917. The Morgan fingerprint density at radius 2 is 2.24 bits per heavy atom. The predicted molar refractivity (Wildman–Crippen MR) is 68.1 cm³/mol. The summed E-state index contributed by atoms with van der Waals surface area (Å²) < 4.78 is 0. The largest absolute Gasteiger partial charge is 0.409 e. The molecule has 1 saturated heterocycles. The third-order valence-corrected chi connectivity index (χ3v) is 3.71. The Morgan fingerprint density at radius 3 is 2.76 bits per heavy atom. The lowest BCUT2D eigenvalue weighted by Crippen LogP contribution is -2.33. The number of hydrogen-bond acceptors (Lipinski definition) is 4. The molecule has 0 spiro atoms. The summed E-state index contributed by atoms with van der Waals surface area (Å²) in [5.74, 6) is 0.749. The van der Waals surface area contributed by atoms with E-state index in [1.165, 1.54) is 0 Å². The van der Waals surface area contributed by atoms with Crippen molar-refractivity contribution in [3.8, 4) is 0 Å². The molecule has 1 atom stereocenters. The Bertz CT molecular complexity index is 266. The van der Waals surface area contributed by atoms with E-state index in [-0.39, 0.29) is 5.41 Å². The summed E-state index contributed by atoms with van der Waals surface area (Å²) >= 11 is 0. The van der Waals surface area contributed by atoms with Gasteiger partial charge in [-0.05, 0) is 38.3 Å². The number of amidine groups is 1. The summed E-state index contributed by atoms with van der Waals surface area (Å²) in [4.78, 5) is 2.38. The van der Waals surface area contributed by atoms with E-state index in [1.54, 1.807) is 0 Å². The molecule has 1 heterocycles. The SMILES string of the molecule is CC(C)(CCCN1CCC(CO)C1)C(N)=NO. The van der Waals surface area contributed by atoms with Crippen LogP contribution in [0.1, 0.15) is 33.1 Å². The Balaban J connectivity index is 2.24. The molecule has 4 N–H and O–H groups in total. The highest BCUT2D eigenvalue weighted by atomic mass is 16.4. The number of oxime groups is 1. The van der Waals surface area contributed by atoms with Crippen molar-refractivity contribution in [3.05, 3.63) is 0 Å². The van der Waals surface area contributed by atoms with Crippen LogP contribution in [0.2, 0.25) is 0 Å². The van der Waals surface area contributed by atoms with Gasteiger partial charge in [0.25, 0.3) is 0 Å². The van der Waals surface area contributed by atoms with Gasteiger partial charge >= 0.3 is 0 Å². The quantitative estimate of drug-likeness (QED) is 0.279. The highest BCUT2D eigenvalue weighted by Crippen LogP contribution is 2.23. The van der Waals surface area contributed by atoms with Crippen LogP contribution in [0, 0.1) is 11.3 Å². The second-order valence-electron chi connectivity index (χ2n) is 5.61. The molecule has 1 unspecified atom stereocenters. The van der Waals surface area contributed by atoms with Gasteiger partial charge in [0.1, 0.15) is 5.84 Å². The molecule has 1 fully saturated rings. The molecule has 0 radical (unpaired) electrons. The van der Waals surface area contributed by atoms with Gasteiger partial charge in [-0.2, -0.15) is 0 Å². The van der Waals surface area contributed by atoms with Crippen LogP contribution in [0.4, 0.5) is 0 Å². The van der Waals surface area contributed by atoms with Crippen molar-refractivity contribution in [3.63, 3.8) is 0 Å². The number of likely N-dealkylation sites (tertiary alicyclic amines) is 1. The fourth-order valence-corrected chi connectivity index (χ4v) is 2.27. The summed E-state index contributed by atoms with van der Waals surface area (Å²) in [7, 11) is 0. The minimum absolute atomic E-state index is 0.245. The van der Waals surface area contributed by atoms with Gasteiger partial charge in [0.15, 0.2) is 0 Å². The maximum Gasteiger partial charge on any atom is 0.144 e. The van der Waals surface area contributed by atoms with Crippen LogP contribution in [0.3, 0.4) is 0 Å². The molecular formula is C12H25N3O2. The van der Waals surface area contributed by atoms with E-state index in [1.807, 2.05) is 13.8 Å². The van der Waals surface area contributed by atoms with Crippen molar-refractivity contribution in [1.29, 1.82) is 0 Å². The Labute approximate surface area is 103 Å². The van der Waals surface area contributed by atoms with Gasteiger partial charge in [-0.1, -0.05) is 19.0 Å². The molecule has 1 rings (SSSR count). The molecule has 0 bridgehead atoms. The number of aliphatic hydroxyl groups excluding tert-OH is 1. The molecule has 0 aromatic rings. The lowest BCUT2D eigenvalue weighted by molar-refractivity contribution is 0.219. The zero-order valence-electron chi connectivity index (χ0n) is 10.9. The minimum atomic E-state index is -0.245. The van der Waals surface area contributed by atoms with E-state index < -0.39 is 0 Å². The third-order valence-electron chi connectivity index (χ3n) is 3.71. The van der Waals surface area contributed by atoms with Crippen LogP contribution in [0.15, 0.2) is 5.16 Å². The summed E-state index contributed by atoms with van der Waals surface area (Å²) in [6.07, 6.45) is 3.03. The Hall–Kier alpha value is -0.810. The zero-order chi connectivity index (χ0) is 12.9. The molecule has 1 aliphatic rings. The van der Waals surface area contributed by atoms with Crippen LogP contribution in [-0.2, 0) is 0 Å². The van der Waals surface area contributed by atoms with Crippen molar-refractivity contribution in [2.45, 2.75) is 33.1 Å². The maximum absolute atomic E-state index is 9.06. The van der Waals surface area contributed by atoms with Crippen LogP contribution < -0.4 is 5.73 Å². The maximum atomic E-state index is 9.06. The highest BCUT2D eigenvalue weighted by molar-refractivity contribution is 5.85. The topological polar surface area (TPSA) is 82.1 Å². The molecule has 1 aliphatic heterocycles. The van der Waals surface area contributed by atoms with E-state index in [2.05, 4.69) is 10.1 Å². The number of aliphatic hydroxyl groups is 1. The average molecular weight is 243 g/mol. The minimum Gasteiger partial charge on any atom is -0.409 e.